The van der Waals surface area contributed by atoms with Gasteiger partial charge in [0.15, 0.2) is 0 Å². The lowest BCUT2D eigenvalue weighted by atomic mass is 9.79. The van der Waals surface area contributed by atoms with Crippen molar-refractivity contribution >= 4 is 11.8 Å². The van der Waals surface area contributed by atoms with Crippen LogP contribution in [-0.4, -0.2) is 35.3 Å². The molecule has 0 bridgehead atoms. The Morgan fingerprint density at radius 3 is 3.08 bits per heavy atom. The Kier molecular flexibility index (Phi) is 5.72. The zero-order valence-corrected chi connectivity index (χ0v) is 14.5. The molecule has 1 aromatic rings. The van der Waals surface area contributed by atoms with Crippen molar-refractivity contribution in [2.24, 2.45) is 11.8 Å². The maximum atomic E-state index is 10.8. The summed E-state index contributed by atoms with van der Waals surface area (Å²) in [7, 11) is 0. The van der Waals surface area contributed by atoms with Crippen LogP contribution in [0.4, 0.5) is 5.82 Å². The lowest BCUT2D eigenvalue weighted by Crippen LogP contribution is -2.32. The highest BCUT2D eigenvalue weighted by Gasteiger charge is 2.29. The van der Waals surface area contributed by atoms with Crippen molar-refractivity contribution in [2.45, 2.75) is 58.0 Å². The average Bonchev–Trinajstić information content (AvgIpc) is 2.55. The Morgan fingerprint density at radius 2 is 2.29 bits per heavy atom. The predicted octanol–water partition coefficient (Wildman–Crippen LogP) is 3.28. The van der Waals surface area contributed by atoms with Crippen LogP contribution in [0.15, 0.2) is 12.1 Å². The zero-order valence-electron chi connectivity index (χ0n) is 14.5. The standard InChI is InChI=1S/C19H28N2O3/c1-13(19(22)23)8-10-24-17-11-14(12-17)4-6-16-7-5-15-3-2-9-20-18(15)21-16/h5,7,13-14,17H,2-4,6,8-12H2,1H3,(H,20,21)(H,22,23). The van der Waals surface area contributed by atoms with Crippen LogP contribution in [0.2, 0.25) is 0 Å². The quantitative estimate of drug-likeness (QED) is 0.764. The smallest absolute Gasteiger partial charge is 0.306 e. The third-order valence-corrected chi connectivity index (χ3v) is 5.28. The summed E-state index contributed by atoms with van der Waals surface area (Å²) >= 11 is 0. The fourth-order valence-corrected chi connectivity index (χ4v) is 3.44. The molecule has 0 amide bonds. The lowest BCUT2D eigenvalue weighted by Gasteiger charge is -2.35. The van der Waals surface area contributed by atoms with E-state index in [1.165, 1.54) is 17.7 Å². The molecule has 2 heterocycles. The zero-order chi connectivity index (χ0) is 16.9. The van der Waals surface area contributed by atoms with Gasteiger partial charge in [-0.05, 0) is 62.5 Å². The van der Waals surface area contributed by atoms with E-state index in [1.54, 1.807) is 6.92 Å². The van der Waals surface area contributed by atoms with Gasteiger partial charge in [-0.3, -0.25) is 4.79 Å². The molecule has 2 N–H and O–H groups in total. The van der Waals surface area contributed by atoms with E-state index in [4.69, 9.17) is 14.8 Å². The second-order valence-corrected chi connectivity index (χ2v) is 7.24. The van der Waals surface area contributed by atoms with Gasteiger partial charge in [0.05, 0.1) is 12.0 Å². The molecular weight excluding hydrogens is 304 g/mol. The maximum absolute atomic E-state index is 10.8. The van der Waals surface area contributed by atoms with Gasteiger partial charge in [-0.1, -0.05) is 13.0 Å². The second kappa shape index (κ2) is 7.97. The van der Waals surface area contributed by atoms with Gasteiger partial charge >= 0.3 is 5.97 Å². The minimum atomic E-state index is -0.739. The number of pyridine rings is 1. The summed E-state index contributed by atoms with van der Waals surface area (Å²) in [5.41, 5.74) is 2.53. The summed E-state index contributed by atoms with van der Waals surface area (Å²) in [4.78, 5) is 15.5. The molecule has 2 aliphatic rings. The molecule has 1 aliphatic heterocycles. The molecule has 1 saturated carbocycles. The summed E-state index contributed by atoms with van der Waals surface area (Å²) < 4.78 is 5.77. The van der Waals surface area contributed by atoms with E-state index < -0.39 is 5.97 Å². The van der Waals surface area contributed by atoms with Crippen LogP contribution in [0.1, 0.15) is 50.3 Å². The molecule has 1 atom stereocenters. The largest absolute Gasteiger partial charge is 0.481 e. The first-order valence-electron chi connectivity index (χ1n) is 9.19. The summed E-state index contributed by atoms with van der Waals surface area (Å²) in [5.74, 6) is 0.750. The van der Waals surface area contributed by atoms with Crippen molar-refractivity contribution in [2.75, 3.05) is 18.5 Å². The number of aliphatic carboxylic acids is 1. The van der Waals surface area contributed by atoms with E-state index in [-0.39, 0.29) is 5.92 Å². The summed E-state index contributed by atoms with van der Waals surface area (Å²) in [6.07, 6.45) is 7.66. The van der Waals surface area contributed by atoms with Crippen molar-refractivity contribution < 1.29 is 14.6 Å². The van der Waals surface area contributed by atoms with Gasteiger partial charge in [-0.2, -0.15) is 0 Å². The van der Waals surface area contributed by atoms with Crippen LogP contribution >= 0.6 is 0 Å². The number of hydrogen-bond donors (Lipinski definition) is 2. The van der Waals surface area contributed by atoms with Crippen molar-refractivity contribution in [3.05, 3.63) is 23.4 Å². The van der Waals surface area contributed by atoms with Gasteiger partial charge < -0.3 is 15.2 Å². The van der Waals surface area contributed by atoms with Gasteiger partial charge in [0.1, 0.15) is 5.82 Å². The monoisotopic (exact) mass is 332 g/mol. The van der Waals surface area contributed by atoms with E-state index in [1.807, 2.05) is 0 Å². The minimum absolute atomic E-state index is 0.315. The topological polar surface area (TPSA) is 71.5 Å². The molecule has 0 aromatic carbocycles. The van der Waals surface area contributed by atoms with Crippen LogP contribution < -0.4 is 5.32 Å². The van der Waals surface area contributed by atoms with Gasteiger partial charge in [-0.15, -0.1) is 0 Å². The summed E-state index contributed by atoms with van der Waals surface area (Å²) in [6.45, 7) is 3.32. The summed E-state index contributed by atoms with van der Waals surface area (Å²) in [6, 6.07) is 4.39. The molecule has 0 saturated heterocycles. The van der Waals surface area contributed by atoms with Crippen LogP contribution in [0.25, 0.3) is 0 Å². The highest BCUT2D eigenvalue weighted by atomic mass is 16.5. The number of aryl methyl sites for hydroxylation is 2. The first-order chi connectivity index (χ1) is 11.6. The molecule has 5 heteroatoms. The van der Waals surface area contributed by atoms with Crippen LogP contribution in [0.3, 0.4) is 0 Å². The number of aromatic nitrogens is 1. The second-order valence-electron chi connectivity index (χ2n) is 7.24. The SMILES string of the molecule is CC(CCOC1CC(CCc2ccc3c(n2)NCCC3)C1)C(=O)O. The Labute approximate surface area is 143 Å². The lowest BCUT2D eigenvalue weighted by molar-refractivity contribution is -0.142. The highest BCUT2D eigenvalue weighted by molar-refractivity contribution is 5.69. The first kappa shape index (κ1) is 17.2. The molecule has 1 aromatic heterocycles. The maximum Gasteiger partial charge on any atom is 0.306 e. The Bertz CT molecular complexity index is 570. The molecule has 0 radical (unpaired) electrons. The highest BCUT2D eigenvalue weighted by Crippen LogP contribution is 2.34. The molecule has 1 unspecified atom stereocenters. The van der Waals surface area contributed by atoms with Gasteiger partial charge in [0, 0.05) is 18.8 Å². The molecule has 5 nitrogen and oxygen atoms in total. The van der Waals surface area contributed by atoms with Crippen molar-refractivity contribution in [3.63, 3.8) is 0 Å². The molecule has 1 aliphatic carbocycles. The number of rotatable bonds is 8. The third-order valence-electron chi connectivity index (χ3n) is 5.28. The number of ether oxygens (including phenoxy) is 1. The number of nitrogens with one attached hydrogen (secondary N) is 1. The van der Waals surface area contributed by atoms with Crippen molar-refractivity contribution in [3.8, 4) is 0 Å². The molecule has 0 spiro atoms. The van der Waals surface area contributed by atoms with Gasteiger partial charge in [-0.25, -0.2) is 4.98 Å². The number of fused-ring (bicyclic) bond motifs is 1. The number of carboxylic acids is 1. The molecular formula is C19H28N2O3. The Morgan fingerprint density at radius 1 is 1.46 bits per heavy atom. The van der Waals surface area contributed by atoms with Crippen molar-refractivity contribution in [1.82, 2.24) is 4.98 Å². The van der Waals surface area contributed by atoms with Crippen LogP contribution in [-0.2, 0) is 22.4 Å². The van der Waals surface area contributed by atoms with E-state index in [0.717, 1.165) is 50.4 Å². The van der Waals surface area contributed by atoms with Crippen molar-refractivity contribution in [1.29, 1.82) is 0 Å². The van der Waals surface area contributed by atoms with Crippen LogP contribution in [0.5, 0.6) is 0 Å². The number of nitrogens with zero attached hydrogens (tertiary/aromatic N) is 1. The van der Waals surface area contributed by atoms with Crippen LogP contribution in [0, 0.1) is 11.8 Å². The Hall–Kier alpha value is -1.62. The fourth-order valence-electron chi connectivity index (χ4n) is 3.44. The number of carboxylic acid groups (broad SMARTS) is 1. The molecule has 132 valence electrons. The summed E-state index contributed by atoms with van der Waals surface area (Å²) in [5, 5.41) is 12.2. The van der Waals surface area contributed by atoms with E-state index in [2.05, 4.69) is 17.4 Å². The first-order valence-corrected chi connectivity index (χ1v) is 9.19. The van der Waals surface area contributed by atoms with E-state index in [9.17, 15) is 4.79 Å². The van der Waals surface area contributed by atoms with E-state index >= 15 is 0 Å². The predicted molar refractivity (Wildman–Crippen MR) is 93.2 cm³/mol. The van der Waals surface area contributed by atoms with E-state index in [0.29, 0.717) is 19.1 Å². The number of carbonyl (C=O) groups is 1. The minimum Gasteiger partial charge on any atom is -0.481 e. The molecule has 1 fully saturated rings. The third kappa shape index (κ3) is 4.47. The fraction of sp³-hybridized carbons (Fsp3) is 0.684. The van der Waals surface area contributed by atoms with Gasteiger partial charge in [0.2, 0.25) is 0 Å². The van der Waals surface area contributed by atoms with Gasteiger partial charge in [0.25, 0.3) is 0 Å². The average molecular weight is 332 g/mol. The molecule has 3 rings (SSSR count). The normalized spacial score (nSPS) is 23.7. The number of anilines is 1. The number of hydrogen-bond acceptors (Lipinski definition) is 4. The Balaban J connectivity index is 1.32. The molecule has 24 heavy (non-hydrogen) atoms.